The second kappa shape index (κ2) is 9.25. The molecule has 0 spiro atoms. The lowest BCUT2D eigenvalue weighted by Crippen LogP contribution is -2.43. The molecule has 0 aliphatic heterocycles. The lowest BCUT2D eigenvalue weighted by Gasteiger charge is -2.26. The summed E-state index contributed by atoms with van der Waals surface area (Å²) in [5.41, 5.74) is 6.81. The minimum Gasteiger partial charge on any atom is -0.383 e. The number of nitrogens with zero attached hydrogens (tertiary/aromatic N) is 4. The van der Waals surface area contributed by atoms with Crippen molar-refractivity contribution in [3.05, 3.63) is 68.6 Å². The van der Waals surface area contributed by atoms with Gasteiger partial charge in [-0.1, -0.05) is 45.9 Å². The fourth-order valence-corrected chi connectivity index (χ4v) is 3.62. The van der Waals surface area contributed by atoms with Crippen molar-refractivity contribution in [1.82, 2.24) is 19.3 Å². The molecule has 0 saturated heterocycles. The van der Waals surface area contributed by atoms with Crippen molar-refractivity contribution in [3.8, 4) is 5.69 Å². The average Bonchev–Trinajstić information content (AvgIpc) is 3.11. The van der Waals surface area contributed by atoms with E-state index in [0.717, 1.165) is 5.69 Å². The first-order valence-electron chi connectivity index (χ1n) is 10.7. The van der Waals surface area contributed by atoms with Gasteiger partial charge in [-0.25, -0.2) is 9.48 Å². The van der Waals surface area contributed by atoms with Gasteiger partial charge in [0.1, 0.15) is 5.82 Å². The number of anilines is 2. The molecule has 0 saturated carbocycles. The minimum atomic E-state index is -0.686. The maximum atomic E-state index is 13.6. The topological polar surface area (TPSA) is 119 Å². The minimum absolute atomic E-state index is 0.0178. The van der Waals surface area contributed by atoms with Crippen LogP contribution in [0.4, 0.5) is 11.5 Å². The Kier molecular flexibility index (Phi) is 6.67. The van der Waals surface area contributed by atoms with Crippen molar-refractivity contribution >= 4 is 17.4 Å². The van der Waals surface area contributed by atoms with Crippen LogP contribution in [0.1, 0.15) is 43.7 Å². The number of benzene rings is 1. The zero-order valence-corrected chi connectivity index (χ0v) is 19.1. The van der Waals surface area contributed by atoms with Gasteiger partial charge >= 0.3 is 5.69 Å². The third kappa shape index (κ3) is 4.51. The first-order valence-corrected chi connectivity index (χ1v) is 10.7. The molecule has 1 aromatic carbocycles. The number of aromatic amines is 1. The molecule has 9 nitrogen and oxygen atoms in total. The lowest BCUT2D eigenvalue weighted by molar-refractivity contribution is 0.0983. The molecule has 1 amide bonds. The predicted octanol–water partition coefficient (Wildman–Crippen LogP) is 2.57. The van der Waals surface area contributed by atoms with Gasteiger partial charge in [0.15, 0.2) is 5.69 Å². The summed E-state index contributed by atoms with van der Waals surface area (Å²) < 4.78 is 2.98. The normalized spacial score (nSPS) is 11.3. The molecular weight excluding hydrogens is 408 g/mol. The van der Waals surface area contributed by atoms with Crippen molar-refractivity contribution in [2.24, 2.45) is 11.8 Å². The van der Waals surface area contributed by atoms with Crippen LogP contribution >= 0.6 is 0 Å². The number of hydrogen-bond acceptors (Lipinski definition) is 5. The number of amides is 1. The Morgan fingerprint density at radius 2 is 1.78 bits per heavy atom. The molecule has 0 atom stereocenters. The molecule has 3 rings (SSSR count). The number of carbonyl (C=O) groups excluding carboxylic acids is 1. The number of para-hydroxylation sites is 1. The maximum Gasteiger partial charge on any atom is 0.330 e. The summed E-state index contributed by atoms with van der Waals surface area (Å²) in [6.45, 7) is 10.1. The van der Waals surface area contributed by atoms with E-state index >= 15 is 0 Å². The summed E-state index contributed by atoms with van der Waals surface area (Å²) in [4.78, 5) is 42.5. The van der Waals surface area contributed by atoms with E-state index < -0.39 is 17.2 Å². The molecule has 0 bridgehead atoms. The molecule has 32 heavy (non-hydrogen) atoms. The van der Waals surface area contributed by atoms with Crippen LogP contribution in [0.2, 0.25) is 0 Å². The molecule has 0 unspecified atom stereocenters. The highest BCUT2D eigenvalue weighted by atomic mass is 16.2. The SMILES string of the molecule is Cc1c(C(=O)N(CC(C)C)c2c(N)n(CC(C)C)c(=O)[nH]c2=O)cnn1-c1ccccc1. The smallest absolute Gasteiger partial charge is 0.330 e. The van der Waals surface area contributed by atoms with E-state index in [-0.39, 0.29) is 29.9 Å². The maximum absolute atomic E-state index is 13.6. The molecule has 9 heteroatoms. The number of aromatic nitrogens is 4. The predicted molar refractivity (Wildman–Crippen MR) is 125 cm³/mol. The highest BCUT2D eigenvalue weighted by molar-refractivity contribution is 6.07. The summed E-state index contributed by atoms with van der Waals surface area (Å²) in [6.07, 6.45) is 1.49. The van der Waals surface area contributed by atoms with Gasteiger partial charge in [0, 0.05) is 13.1 Å². The highest BCUT2D eigenvalue weighted by Gasteiger charge is 2.28. The van der Waals surface area contributed by atoms with Gasteiger partial charge in [0.05, 0.1) is 23.1 Å². The molecule has 0 radical (unpaired) electrons. The first-order chi connectivity index (χ1) is 15.1. The van der Waals surface area contributed by atoms with Crippen LogP contribution in [0.3, 0.4) is 0 Å². The Bertz CT molecular complexity index is 1220. The zero-order chi connectivity index (χ0) is 23.6. The van der Waals surface area contributed by atoms with Crippen LogP contribution in [0.5, 0.6) is 0 Å². The number of hydrogen-bond donors (Lipinski definition) is 2. The summed E-state index contributed by atoms with van der Waals surface area (Å²) in [5, 5.41) is 4.37. The van der Waals surface area contributed by atoms with Crippen molar-refractivity contribution in [3.63, 3.8) is 0 Å². The molecular formula is C23H30N6O3. The second-order valence-corrected chi connectivity index (χ2v) is 8.70. The van der Waals surface area contributed by atoms with Crippen molar-refractivity contribution in [2.45, 2.75) is 41.2 Å². The third-order valence-corrected chi connectivity index (χ3v) is 5.07. The molecule has 0 fully saturated rings. The van der Waals surface area contributed by atoms with E-state index in [1.165, 1.54) is 15.7 Å². The van der Waals surface area contributed by atoms with E-state index in [1.807, 2.05) is 58.0 Å². The Labute approximate surface area is 186 Å². The summed E-state index contributed by atoms with van der Waals surface area (Å²) in [5.74, 6) is -0.248. The van der Waals surface area contributed by atoms with Crippen LogP contribution in [-0.2, 0) is 6.54 Å². The monoisotopic (exact) mass is 438 g/mol. The number of nitrogen functional groups attached to an aromatic ring is 1. The molecule has 2 heterocycles. The Morgan fingerprint density at radius 3 is 2.38 bits per heavy atom. The first kappa shape index (κ1) is 23.1. The Hall–Kier alpha value is -3.62. The standard InChI is InChI=1S/C23H30N6O3/c1-14(2)12-27(19-20(24)28(13-15(3)4)23(32)26-21(19)30)22(31)18-11-25-29(16(18)5)17-9-7-6-8-10-17/h6-11,14-15H,12-13,24H2,1-5H3,(H,26,30,32). The van der Waals surface area contributed by atoms with E-state index in [4.69, 9.17) is 5.73 Å². The average molecular weight is 439 g/mol. The fraction of sp³-hybridized carbons (Fsp3) is 0.391. The number of nitrogens with one attached hydrogen (secondary N) is 1. The van der Waals surface area contributed by atoms with Crippen LogP contribution in [0, 0.1) is 18.8 Å². The summed E-state index contributed by atoms with van der Waals surface area (Å²) >= 11 is 0. The summed E-state index contributed by atoms with van der Waals surface area (Å²) in [6, 6.07) is 9.47. The molecule has 0 aliphatic carbocycles. The van der Waals surface area contributed by atoms with Gasteiger partial charge in [0.25, 0.3) is 11.5 Å². The van der Waals surface area contributed by atoms with Gasteiger partial charge in [-0.3, -0.25) is 19.1 Å². The molecule has 3 N–H and O–H groups in total. The Morgan fingerprint density at radius 1 is 1.12 bits per heavy atom. The second-order valence-electron chi connectivity index (χ2n) is 8.70. The molecule has 3 aromatic rings. The van der Waals surface area contributed by atoms with Crippen LogP contribution < -0.4 is 21.9 Å². The van der Waals surface area contributed by atoms with Crippen LogP contribution in [0.15, 0.2) is 46.1 Å². The molecule has 0 aliphatic rings. The number of nitrogens with two attached hydrogens (primary N) is 1. The number of rotatable bonds is 7. The third-order valence-electron chi connectivity index (χ3n) is 5.07. The largest absolute Gasteiger partial charge is 0.383 e. The molecule has 170 valence electrons. The zero-order valence-electron chi connectivity index (χ0n) is 19.1. The van der Waals surface area contributed by atoms with E-state index in [0.29, 0.717) is 17.8 Å². The van der Waals surface area contributed by atoms with Crippen molar-refractivity contribution < 1.29 is 4.79 Å². The number of H-pyrrole nitrogens is 1. The molecule has 2 aromatic heterocycles. The van der Waals surface area contributed by atoms with Gasteiger partial charge < -0.3 is 10.6 Å². The highest BCUT2D eigenvalue weighted by Crippen LogP contribution is 2.23. The van der Waals surface area contributed by atoms with Gasteiger partial charge in [-0.2, -0.15) is 5.10 Å². The summed E-state index contributed by atoms with van der Waals surface area (Å²) in [7, 11) is 0. The number of carbonyl (C=O) groups is 1. The fourth-order valence-electron chi connectivity index (χ4n) is 3.62. The van der Waals surface area contributed by atoms with Gasteiger partial charge in [-0.05, 0) is 30.9 Å². The quantitative estimate of drug-likeness (QED) is 0.588. The lowest BCUT2D eigenvalue weighted by atomic mass is 10.1. The Balaban J connectivity index is 2.13. The van der Waals surface area contributed by atoms with E-state index in [2.05, 4.69) is 10.1 Å². The van der Waals surface area contributed by atoms with Crippen LogP contribution in [-0.4, -0.2) is 31.8 Å². The van der Waals surface area contributed by atoms with Crippen molar-refractivity contribution in [1.29, 1.82) is 0 Å². The van der Waals surface area contributed by atoms with Gasteiger partial charge in [0.2, 0.25) is 0 Å². The van der Waals surface area contributed by atoms with Crippen LogP contribution in [0.25, 0.3) is 5.69 Å². The van der Waals surface area contributed by atoms with E-state index in [9.17, 15) is 14.4 Å². The van der Waals surface area contributed by atoms with Gasteiger partial charge in [-0.15, -0.1) is 0 Å². The van der Waals surface area contributed by atoms with E-state index in [1.54, 1.807) is 11.6 Å². The van der Waals surface area contributed by atoms with Crippen molar-refractivity contribution in [2.75, 3.05) is 17.2 Å².